The Morgan fingerprint density at radius 2 is 2.42 bits per heavy atom. The highest BCUT2D eigenvalue weighted by atomic mass is 19.1. The van der Waals surface area contributed by atoms with Crippen LogP contribution in [0.5, 0.6) is 5.88 Å². The number of nitrogens with zero attached hydrogens (tertiary/aromatic N) is 1. The van der Waals surface area contributed by atoms with E-state index in [0.29, 0.717) is 12.5 Å². The van der Waals surface area contributed by atoms with Crippen molar-refractivity contribution in [1.29, 1.82) is 0 Å². The summed E-state index contributed by atoms with van der Waals surface area (Å²) in [7, 11) is 0. The Morgan fingerprint density at radius 1 is 1.67 bits per heavy atom. The first-order valence-electron chi connectivity index (χ1n) is 3.68. The van der Waals surface area contributed by atoms with Gasteiger partial charge in [-0.1, -0.05) is 0 Å². The van der Waals surface area contributed by atoms with E-state index in [9.17, 15) is 4.39 Å². The fraction of sp³-hybridized carbons (Fsp3) is 0.375. The molecule has 1 rings (SSSR count). The van der Waals surface area contributed by atoms with Crippen LogP contribution in [0.1, 0.15) is 6.92 Å². The van der Waals surface area contributed by atoms with Crippen LogP contribution in [0, 0.1) is 5.82 Å². The number of nitrogens with two attached hydrogens (primary N) is 1. The third-order valence-electron chi connectivity index (χ3n) is 1.19. The van der Waals surface area contributed by atoms with E-state index in [1.54, 1.807) is 0 Å². The van der Waals surface area contributed by atoms with E-state index < -0.39 is 0 Å². The highest BCUT2D eigenvalue weighted by Gasteiger charge is 1.97. The number of aromatic nitrogens is 1. The molecule has 0 aromatic carbocycles. The van der Waals surface area contributed by atoms with E-state index in [1.165, 1.54) is 12.1 Å². The van der Waals surface area contributed by atoms with Crippen LogP contribution in [-0.4, -0.2) is 17.6 Å². The molecule has 1 aromatic rings. The number of rotatable bonds is 3. The molecule has 3 nitrogen and oxygen atoms in total. The van der Waals surface area contributed by atoms with Crippen LogP contribution in [0.15, 0.2) is 18.3 Å². The lowest BCUT2D eigenvalue weighted by molar-refractivity contribution is 0.284. The Labute approximate surface area is 70.4 Å². The van der Waals surface area contributed by atoms with Crippen LogP contribution in [-0.2, 0) is 0 Å². The smallest absolute Gasteiger partial charge is 0.213 e. The van der Waals surface area contributed by atoms with Gasteiger partial charge in [-0.05, 0) is 13.0 Å². The molecule has 0 spiro atoms. The highest BCUT2D eigenvalue weighted by molar-refractivity contribution is 5.10. The molecule has 1 unspecified atom stereocenters. The molecule has 4 heteroatoms. The zero-order valence-corrected chi connectivity index (χ0v) is 6.83. The van der Waals surface area contributed by atoms with E-state index in [-0.39, 0.29) is 11.9 Å². The molecule has 0 aliphatic rings. The largest absolute Gasteiger partial charge is 0.476 e. The van der Waals surface area contributed by atoms with Gasteiger partial charge in [-0.15, -0.1) is 0 Å². The van der Waals surface area contributed by atoms with Gasteiger partial charge in [0.25, 0.3) is 0 Å². The van der Waals surface area contributed by atoms with Gasteiger partial charge in [0.05, 0.1) is 6.20 Å². The molecule has 1 atom stereocenters. The minimum Gasteiger partial charge on any atom is -0.476 e. The third kappa shape index (κ3) is 2.84. The highest BCUT2D eigenvalue weighted by Crippen LogP contribution is 2.05. The molecule has 1 aromatic heterocycles. The van der Waals surface area contributed by atoms with Gasteiger partial charge in [0.15, 0.2) is 0 Å². The molecular formula is C8H11FN2O. The van der Waals surface area contributed by atoms with Gasteiger partial charge in [0.2, 0.25) is 5.88 Å². The van der Waals surface area contributed by atoms with Crippen molar-refractivity contribution in [3.63, 3.8) is 0 Å². The summed E-state index contributed by atoms with van der Waals surface area (Å²) < 4.78 is 17.5. The standard InChI is InChI=1S/C8H11FN2O/c1-6(10)5-12-8-3-2-7(9)4-11-8/h2-4,6H,5,10H2,1H3. The van der Waals surface area contributed by atoms with Gasteiger partial charge in [-0.3, -0.25) is 0 Å². The zero-order chi connectivity index (χ0) is 8.97. The first kappa shape index (κ1) is 8.93. The predicted molar refractivity (Wildman–Crippen MR) is 43.3 cm³/mol. The minimum atomic E-state index is -0.372. The Balaban J connectivity index is 2.48. The molecule has 66 valence electrons. The number of halogens is 1. The van der Waals surface area contributed by atoms with Crippen molar-refractivity contribution in [2.24, 2.45) is 5.73 Å². The maximum Gasteiger partial charge on any atom is 0.213 e. The van der Waals surface area contributed by atoms with Crippen molar-refractivity contribution in [2.45, 2.75) is 13.0 Å². The summed E-state index contributed by atoms with van der Waals surface area (Å²) in [6, 6.07) is 2.72. The second-order valence-electron chi connectivity index (χ2n) is 2.60. The fourth-order valence-corrected chi connectivity index (χ4v) is 0.664. The van der Waals surface area contributed by atoms with Crippen molar-refractivity contribution >= 4 is 0 Å². The number of pyridine rings is 1. The van der Waals surface area contributed by atoms with Crippen LogP contribution in [0.2, 0.25) is 0 Å². The molecule has 1 heterocycles. The lowest BCUT2D eigenvalue weighted by atomic mass is 10.4. The summed E-state index contributed by atoms with van der Waals surface area (Å²) in [4.78, 5) is 3.70. The molecule has 2 N–H and O–H groups in total. The van der Waals surface area contributed by atoms with Crippen molar-refractivity contribution in [1.82, 2.24) is 4.98 Å². The van der Waals surface area contributed by atoms with E-state index in [0.717, 1.165) is 6.20 Å². The summed E-state index contributed by atoms with van der Waals surface area (Å²) in [5.74, 6) is 0.0249. The molecule has 0 fully saturated rings. The maximum absolute atomic E-state index is 12.3. The van der Waals surface area contributed by atoms with Crippen LogP contribution in [0.4, 0.5) is 4.39 Å². The van der Waals surface area contributed by atoms with E-state index >= 15 is 0 Å². The zero-order valence-electron chi connectivity index (χ0n) is 6.83. The van der Waals surface area contributed by atoms with Gasteiger partial charge >= 0.3 is 0 Å². The number of hydrogen-bond donors (Lipinski definition) is 1. The van der Waals surface area contributed by atoms with Gasteiger partial charge in [0.1, 0.15) is 12.4 Å². The minimum absolute atomic E-state index is 0.0446. The first-order valence-corrected chi connectivity index (χ1v) is 3.68. The van der Waals surface area contributed by atoms with E-state index in [1.807, 2.05) is 6.92 Å². The van der Waals surface area contributed by atoms with Crippen LogP contribution < -0.4 is 10.5 Å². The lowest BCUT2D eigenvalue weighted by Gasteiger charge is -2.06. The molecule has 0 saturated carbocycles. The SMILES string of the molecule is CC(N)COc1ccc(F)cn1. The Hall–Kier alpha value is -1.16. The quantitative estimate of drug-likeness (QED) is 0.734. The van der Waals surface area contributed by atoms with Gasteiger partial charge in [-0.25, -0.2) is 9.37 Å². The Kier molecular flexibility index (Phi) is 2.99. The first-order chi connectivity index (χ1) is 5.68. The predicted octanol–water partition coefficient (Wildman–Crippen LogP) is 0.947. The molecule has 0 radical (unpaired) electrons. The average Bonchev–Trinajstić information content (AvgIpc) is 2.03. The van der Waals surface area contributed by atoms with Crippen LogP contribution >= 0.6 is 0 Å². The summed E-state index contributed by atoms with van der Waals surface area (Å²) >= 11 is 0. The summed E-state index contributed by atoms with van der Waals surface area (Å²) in [5, 5.41) is 0. The number of hydrogen-bond acceptors (Lipinski definition) is 3. The van der Waals surface area contributed by atoms with Crippen LogP contribution in [0.3, 0.4) is 0 Å². The van der Waals surface area contributed by atoms with Crippen molar-refractivity contribution in [3.05, 3.63) is 24.1 Å². The molecule has 0 saturated heterocycles. The van der Waals surface area contributed by atoms with Gasteiger partial charge < -0.3 is 10.5 Å². The maximum atomic E-state index is 12.3. The third-order valence-corrected chi connectivity index (χ3v) is 1.19. The van der Waals surface area contributed by atoms with Crippen molar-refractivity contribution < 1.29 is 9.13 Å². The molecule has 0 amide bonds. The Morgan fingerprint density at radius 3 is 2.92 bits per heavy atom. The summed E-state index contributed by atoms with van der Waals surface area (Å²) in [6.07, 6.45) is 1.11. The Bertz CT molecular complexity index is 235. The van der Waals surface area contributed by atoms with E-state index in [2.05, 4.69) is 4.98 Å². The molecule has 0 bridgehead atoms. The van der Waals surface area contributed by atoms with Crippen LogP contribution in [0.25, 0.3) is 0 Å². The second kappa shape index (κ2) is 4.01. The lowest BCUT2D eigenvalue weighted by Crippen LogP contribution is -2.23. The molecule has 0 aliphatic carbocycles. The second-order valence-corrected chi connectivity index (χ2v) is 2.60. The molecule has 12 heavy (non-hydrogen) atoms. The normalized spacial score (nSPS) is 12.6. The summed E-state index contributed by atoms with van der Waals surface area (Å²) in [6.45, 7) is 2.21. The van der Waals surface area contributed by atoms with Crippen molar-refractivity contribution in [3.8, 4) is 5.88 Å². The van der Waals surface area contributed by atoms with Crippen molar-refractivity contribution in [2.75, 3.05) is 6.61 Å². The molecular weight excluding hydrogens is 159 g/mol. The van der Waals surface area contributed by atoms with Gasteiger partial charge in [0, 0.05) is 12.1 Å². The topological polar surface area (TPSA) is 48.1 Å². The summed E-state index contributed by atoms with van der Waals surface area (Å²) in [5.41, 5.74) is 5.44. The molecule has 0 aliphatic heterocycles. The number of ether oxygens (including phenoxy) is 1. The van der Waals surface area contributed by atoms with Gasteiger partial charge in [-0.2, -0.15) is 0 Å². The van der Waals surface area contributed by atoms with E-state index in [4.69, 9.17) is 10.5 Å². The fourth-order valence-electron chi connectivity index (χ4n) is 0.664. The monoisotopic (exact) mass is 170 g/mol. The average molecular weight is 170 g/mol.